The van der Waals surface area contributed by atoms with Gasteiger partial charge in [-0.1, -0.05) is 53.7 Å². The molecule has 0 N–H and O–H groups in total. The molecule has 4 aromatic rings. The molecule has 2 heterocycles. The molecule has 0 saturated carbocycles. The van der Waals surface area contributed by atoms with E-state index in [2.05, 4.69) is 15.3 Å². The van der Waals surface area contributed by atoms with Crippen molar-refractivity contribution in [3.8, 4) is 11.4 Å². The molecule has 0 fully saturated rings. The van der Waals surface area contributed by atoms with Crippen molar-refractivity contribution in [2.24, 2.45) is 0 Å². The zero-order valence-electron chi connectivity index (χ0n) is 11.9. The molecule has 0 spiro atoms. The summed E-state index contributed by atoms with van der Waals surface area (Å²) in [5, 5.41) is 14.7. The Morgan fingerprint density at radius 2 is 1.61 bits per heavy atom. The molecule has 2 aromatic heterocycles. The van der Waals surface area contributed by atoms with Gasteiger partial charge in [-0.25, -0.2) is 0 Å². The standard InChI is InChI=1S/C17H11ClN4S/c18-13-6-8-14(9-7-13)23-16-11-10-15-19-20-17(22(15)21-16)12-4-2-1-3-5-12/h1-11H. The van der Waals surface area contributed by atoms with E-state index in [4.69, 9.17) is 11.6 Å². The van der Waals surface area contributed by atoms with Gasteiger partial charge in [0.2, 0.25) is 0 Å². The van der Waals surface area contributed by atoms with Gasteiger partial charge in [0.05, 0.1) is 0 Å². The highest BCUT2D eigenvalue weighted by Gasteiger charge is 2.10. The normalized spacial score (nSPS) is 11.0. The van der Waals surface area contributed by atoms with Gasteiger partial charge in [0.15, 0.2) is 11.5 Å². The molecule has 0 bridgehead atoms. The second-order valence-corrected chi connectivity index (χ2v) is 6.42. The number of aromatic nitrogens is 4. The maximum atomic E-state index is 5.92. The van der Waals surface area contributed by atoms with Gasteiger partial charge in [-0.15, -0.1) is 10.2 Å². The summed E-state index contributed by atoms with van der Waals surface area (Å²) in [4.78, 5) is 1.08. The summed E-state index contributed by atoms with van der Waals surface area (Å²) in [6, 6.07) is 21.5. The third-order valence-electron chi connectivity index (χ3n) is 3.31. The Kier molecular flexibility index (Phi) is 3.73. The summed E-state index contributed by atoms with van der Waals surface area (Å²) in [5.74, 6) is 0.735. The molecule has 2 aromatic carbocycles. The van der Waals surface area contributed by atoms with Crippen molar-refractivity contribution in [1.29, 1.82) is 0 Å². The summed E-state index contributed by atoms with van der Waals surface area (Å²) in [5.41, 5.74) is 1.71. The van der Waals surface area contributed by atoms with Crippen LogP contribution in [0.4, 0.5) is 0 Å². The van der Waals surface area contributed by atoms with E-state index in [1.54, 1.807) is 16.3 Å². The summed E-state index contributed by atoms with van der Waals surface area (Å²) in [7, 11) is 0. The third-order valence-corrected chi connectivity index (χ3v) is 4.49. The molecule has 112 valence electrons. The lowest BCUT2D eigenvalue weighted by atomic mass is 10.2. The second-order valence-electron chi connectivity index (χ2n) is 4.89. The van der Waals surface area contributed by atoms with Gasteiger partial charge in [-0.2, -0.15) is 9.61 Å². The van der Waals surface area contributed by atoms with Gasteiger partial charge in [0.25, 0.3) is 0 Å². The van der Waals surface area contributed by atoms with Crippen molar-refractivity contribution in [2.45, 2.75) is 9.92 Å². The van der Waals surface area contributed by atoms with Crippen LogP contribution in [-0.2, 0) is 0 Å². The Balaban J connectivity index is 1.73. The molecule has 0 aliphatic heterocycles. The molecule has 0 atom stereocenters. The smallest absolute Gasteiger partial charge is 0.185 e. The van der Waals surface area contributed by atoms with Crippen molar-refractivity contribution in [2.75, 3.05) is 0 Å². The minimum Gasteiger partial charge on any atom is -0.192 e. The highest BCUT2D eigenvalue weighted by molar-refractivity contribution is 7.99. The van der Waals surface area contributed by atoms with Crippen LogP contribution in [-0.4, -0.2) is 19.8 Å². The van der Waals surface area contributed by atoms with Gasteiger partial charge in [-0.05, 0) is 36.4 Å². The van der Waals surface area contributed by atoms with Crippen molar-refractivity contribution < 1.29 is 0 Å². The molecule has 0 aliphatic rings. The van der Waals surface area contributed by atoms with Crippen LogP contribution in [0.2, 0.25) is 5.02 Å². The van der Waals surface area contributed by atoms with Crippen molar-refractivity contribution in [3.05, 3.63) is 71.8 Å². The number of rotatable bonds is 3. The number of benzene rings is 2. The summed E-state index contributed by atoms with van der Waals surface area (Å²) in [6.07, 6.45) is 0. The van der Waals surface area contributed by atoms with E-state index in [1.165, 1.54) is 0 Å². The summed E-state index contributed by atoms with van der Waals surface area (Å²) < 4.78 is 1.77. The van der Waals surface area contributed by atoms with Gasteiger partial charge in [0.1, 0.15) is 5.03 Å². The molecule has 4 rings (SSSR count). The van der Waals surface area contributed by atoms with Crippen molar-refractivity contribution >= 4 is 29.0 Å². The fourth-order valence-corrected chi connectivity index (χ4v) is 3.12. The van der Waals surface area contributed by atoms with E-state index in [1.807, 2.05) is 66.7 Å². The SMILES string of the molecule is Clc1ccc(Sc2ccc3nnc(-c4ccccc4)n3n2)cc1. The first kappa shape index (κ1) is 14.2. The first-order chi connectivity index (χ1) is 11.3. The molecular formula is C17H11ClN4S. The molecule has 0 radical (unpaired) electrons. The van der Waals surface area contributed by atoms with E-state index in [0.717, 1.165) is 32.0 Å². The molecule has 0 unspecified atom stereocenters. The Morgan fingerprint density at radius 3 is 2.39 bits per heavy atom. The van der Waals surface area contributed by atoms with E-state index >= 15 is 0 Å². The third kappa shape index (κ3) is 2.93. The fraction of sp³-hybridized carbons (Fsp3) is 0. The quantitative estimate of drug-likeness (QED) is 0.547. The van der Waals surface area contributed by atoms with Crippen LogP contribution in [0.15, 0.2) is 76.7 Å². The number of halogens is 1. The van der Waals surface area contributed by atoms with E-state index in [0.29, 0.717) is 0 Å². The maximum Gasteiger partial charge on any atom is 0.185 e. The van der Waals surface area contributed by atoms with Gasteiger partial charge < -0.3 is 0 Å². The second kappa shape index (κ2) is 6.02. The summed E-state index contributed by atoms with van der Waals surface area (Å²) in [6.45, 7) is 0. The lowest BCUT2D eigenvalue weighted by molar-refractivity contribution is 0.860. The molecular weight excluding hydrogens is 328 g/mol. The summed E-state index contributed by atoms with van der Waals surface area (Å²) >= 11 is 7.49. The Labute approximate surface area is 142 Å². The van der Waals surface area contributed by atoms with Crippen LogP contribution in [0, 0.1) is 0 Å². The lowest BCUT2D eigenvalue weighted by Crippen LogP contribution is -1.96. The minimum absolute atomic E-state index is 0.725. The van der Waals surface area contributed by atoms with Crippen LogP contribution < -0.4 is 0 Å². The van der Waals surface area contributed by atoms with Crippen molar-refractivity contribution in [1.82, 2.24) is 19.8 Å². The Hall–Kier alpha value is -2.37. The molecule has 23 heavy (non-hydrogen) atoms. The average molecular weight is 339 g/mol. The number of fused-ring (bicyclic) bond motifs is 1. The topological polar surface area (TPSA) is 43.1 Å². The van der Waals surface area contributed by atoms with E-state index in [9.17, 15) is 0 Å². The van der Waals surface area contributed by atoms with Crippen LogP contribution >= 0.6 is 23.4 Å². The van der Waals surface area contributed by atoms with Crippen LogP contribution in [0.3, 0.4) is 0 Å². The molecule has 0 saturated heterocycles. The van der Waals surface area contributed by atoms with E-state index < -0.39 is 0 Å². The molecule has 0 amide bonds. The number of hydrogen-bond donors (Lipinski definition) is 0. The highest BCUT2D eigenvalue weighted by Crippen LogP contribution is 2.27. The fourth-order valence-electron chi connectivity index (χ4n) is 2.22. The predicted molar refractivity (Wildman–Crippen MR) is 91.8 cm³/mol. The largest absolute Gasteiger partial charge is 0.192 e. The Morgan fingerprint density at radius 1 is 0.826 bits per heavy atom. The predicted octanol–water partition coefficient (Wildman–Crippen LogP) is 4.60. The molecule has 6 heteroatoms. The first-order valence-corrected chi connectivity index (χ1v) is 8.20. The molecule has 0 aliphatic carbocycles. The van der Waals surface area contributed by atoms with Gasteiger partial charge in [0, 0.05) is 15.5 Å². The van der Waals surface area contributed by atoms with Gasteiger partial charge in [-0.3, -0.25) is 0 Å². The monoisotopic (exact) mass is 338 g/mol. The zero-order valence-corrected chi connectivity index (χ0v) is 13.5. The van der Waals surface area contributed by atoms with Crippen LogP contribution in [0.1, 0.15) is 0 Å². The number of hydrogen-bond acceptors (Lipinski definition) is 4. The van der Waals surface area contributed by atoms with Crippen molar-refractivity contribution in [3.63, 3.8) is 0 Å². The van der Waals surface area contributed by atoms with Crippen LogP contribution in [0.5, 0.6) is 0 Å². The highest BCUT2D eigenvalue weighted by atomic mass is 35.5. The number of nitrogens with zero attached hydrogens (tertiary/aromatic N) is 4. The van der Waals surface area contributed by atoms with E-state index in [-0.39, 0.29) is 0 Å². The maximum absolute atomic E-state index is 5.92. The van der Waals surface area contributed by atoms with Crippen LogP contribution in [0.25, 0.3) is 17.0 Å². The molecule has 4 nitrogen and oxygen atoms in total. The zero-order chi connectivity index (χ0) is 15.6. The first-order valence-electron chi connectivity index (χ1n) is 7.01. The Bertz CT molecular complexity index is 951. The van der Waals surface area contributed by atoms with Gasteiger partial charge >= 0.3 is 0 Å². The lowest BCUT2D eigenvalue weighted by Gasteiger charge is -2.03. The average Bonchev–Trinajstić information content (AvgIpc) is 3.01. The minimum atomic E-state index is 0.725.